The van der Waals surface area contributed by atoms with Crippen LogP contribution < -0.4 is 10.1 Å². The summed E-state index contributed by atoms with van der Waals surface area (Å²) in [5.74, 6) is -0.720. The Hall–Kier alpha value is -1.24. The first-order valence-electron chi connectivity index (χ1n) is 5.83. The van der Waals surface area contributed by atoms with E-state index in [1.807, 2.05) is 20.8 Å². The molecule has 3 nitrogen and oxygen atoms in total. The molecule has 1 amide bonds. The van der Waals surface area contributed by atoms with E-state index in [9.17, 15) is 18.0 Å². The zero-order valence-electron chi connectivity index (χ0n) is 11.2. The van der Waals surface area contributed by atoms with Crippen LogP contribution in [0.4, 0.5) is 13.2 Å². The van der Waals surface area contributed by atoms with Crippen molar-refractivity contribution in [1.29, 1.82) is 0 Å². The van der Waals surface area contributed by atoms with Crippen molar-refractivity contribution in [2.24, 2.45) is 0 Å². The zero-order chi connectivity index (χ0) is 15.6. The number of amides is 1. The molecular weight excluding hydrogens is 339 g/mol. The molecule has 1 aromatic rings. The molecule has 20 heavy (non-hydrogen) atoms. The molecule has 0 aromatic heterocycles. The van der Waals surface area contributed by atoms with Crippen LogP contribution in [0.15, 0.2) is 24.3 Å². The van der Waals surface area contributed by atoms with Crippen LogP contribution in [0.1, 0.15) is 31.1 Å². The summed E-state index contributed by atoms with van der Waals surface area (Å²) in [5.41, 5.74) is -0.223. The van der Waals surface area contributed by atoms with Crippen LogP contribution in [-0.4, -0.2) is 22.6 Å². The second kappa shape index (κ2) is 6.03. The molecule has 0 radical (unpaired) electrons. The Kier molecular flexibility index (Phi) is 5.07. The first-order chi connectivity index (χ1) is 9.01. The molecule has 0 saturated carbocycles. The highest BCUT2D eigenvalue weighted by Crippen LogP contribution is 2.23. The van der Waals surface area contributed by atoms with Gasteiger partial charge in [0, 0.05) is 15.9 Å². The molecule has 0 bridgehead atoms. The number of carbonyl (C=O) groups excluding carboxylic acids is 1. The zero-order valence-corrected chi connectivity index (χ0v) is 12.8. The minimum atomic E-state index is -4.74. The lowest BCUT2D eigenvalue weighted by Crippen LogP contribution is -2.48. The Morgan fingerprint density at radius 3 is 2.15 bits per heavy atom. The van der Waals surface area contributed by atoms with Gasteiger partial charge in [-0.1, -0.05) is 22.9 Å². The van der Waals surface area contributed by atoms with Gasteiger partial charge in [0.25, 0.3) is 5.91 Å². The van der Waals surface area contributed by atoms with Crippen LogP contribution in [0.2, 0.25) is 0 Å². The summed E-state index contributed by atoms with van der Waals surface area (Å²) in [6.45, 7) is 5.57. The van der Waals surface area contributed by atoms with Crippen LogP contribution in [0.25, 0.3) is 0 Å². The number of halogens is 4. The van der Waals surface area contributed by atoms with Gasteiger partial charge in [0.2, 0.25) is 0 Å². The number of hydrogen-bond acceptors (Lipinski definition) is 2. The Balaban J connectivity index is 2.76. The monoisotopic (exact) mass is 353 g/mol. The molecule has 0 fully saturated rings. The number of nitrogens with one attached hydrogen (secondary N) is 1. The number of alkyl halides is 4. The molecule has 7 heteroatoms. The number of hydrogen-bond donors (Lipinski definition) is 1. The summed E-state index contributed by atoms with van der Waals surface area (Å²) in [6.07, 6.45) is -4.74. The lowest BCUT2D eigenvalue weighted by atomic mass is 10.0. The normalized spacial score (nSPS) is 13.8. The van der Waals surface area contributed by atoms with Gasteiger partial charge in [-0.3, -0.25) is 4.79 Å². The SMILES string of the molecule is CC(Br)C(C)(C)NC(=O)c1ccc(OC(F)(F)F)cc1. The average Bonchev–Trinajstić information content (AvgIpc) is 2.26. The van der Waals surface area contributed by atoms with E-state index in [1.165, 1.54) is 12.1 Å². The third kappa shape index (κ3) is 5.03. The first kappa shape index (κ1) is 16.8. The van der Waals surface area contributed by atoms with E-state index in [-0.39, 0.29) is 22.0 Å². The van der Waals surface area contributed by atoms with E-state index in [0.29, 0.717) is 0 Å². The maximum absolute atomic E-state index is 12.0. The molecule has 0 heterocycles. The fourth-order valence-corrected chi connectivity index (χ4v) is 1.39. The smallest absolute Gasteiger partial charge is 0.406 e. The van der Waals surface area contributed by atoms with E-state index >= 15 is 0 Å². The predicted molar refractivity (Wildman–Crippen MR) is 73.1 cm³/mol. The molecular formula is C13H15BrF3NO2. The molecule has 1 atom stereocenters. The van der Waals surface area contributed by atoms with Crippen molar-refractivity contribution in [3.8, 4) is 5.75 Å². The largest absolute Gasteiger partial charge is 0.573 e. The van der Waals surface area contributed by atoms with Gasteiger partial charge in [0.15, 0.2) is 0 Å². The Bertz CT molecular complexity index is 469. The van der Waals surface area contributed by atoms with Gasteiger partial charge >= 0.3 is 6.36 Å². The lowest BCUT2D eigenvalue weighted by Gasteiger charge is -2.29. The maximum Gasteiger partial charge on any atom is 0.573 e. The van der Waals surface area contributed by atoms with Crippen LogP contribution >= 0.6 is 15.9 Å². The van der Waals surface area contributed by atoms with Gasteiger partial charge in [-0.05, 0) is 38.1 Å². The van der Waals surface area contributed by atoms with Crippen LogP contribution in [-0.2, 0) is 0 Å². The first-order valence-corrected chi connectivity index (χ1v) is 6.75. The Morgan fingerprint density at radius 2 is 1.75 bits per heavy atom. The molecule has 0 aliphatic carbocycles. The quantitative estimate of drug-likeness (QED) is 0.834. The predicted octanol–water partition coefficient (Wildman–Crippen LogP) is 3.88. The van der Waals surface area contributed by atoms with Crippen molar-refractivity contribution in [2.45, 2.75) is 37.5 Å². The summed E-state index contributed by atoms with van der Waals surface area (Å²) >= 11 is 3.38. The van der Waals surface area contributed by atoms with Crippen molar-refractivity contribution in [3.63, 3.8) is 0 Å². The number of benzene rings is 1. The number of carbonyl (C=O) groups is 1. The molecule has 1 rings (SSSR count). The number of rotatable bonds is 4. The lowest BCUT2D eigenvalue weighted by molar-refractivity contribution is -0.274. The average molecular weight is 354 g/mol. The minimum absolute atomic E-state index is 0.0341. The van der Waals surface area contributed by atoms with E-state index < -0.39 is 11.9 Å². The van der Waals surface area contributed by atoms with Crippen LogP contribution in [0.3, 0.4) is 0 Å². The minimum Gasteiger partial charge on any atom is -0.406 e. The van der Waals surface area contributed by atoms with E-state index in [0.717, 1.165) is 12.1 Å². The molecule has 1 unspecified atom stereocenters. The third-order valence-electron chi connectivity index (χ3n) is 2.78. The summed E-state index contributed by atoms with van der Waals surface area (Å²) in [6, 6.07) is 4.77. The highest BCUT2D eigenvalue weighted by molar-refractivity contribution is 9.09. The summed E-state index contributed by atoms with van der Waals surface area (Å²) in [4.78, 5) is 12.0. The van der Waals surface area contributed by atoms with E-state index in [4.69, 9.17) is 0 Å². The topological polar surface area (TPSA) is 38.3 Å². The molecule has 0 aliphatic rings. The van der Waals surface area contributed by atoms with Crippen molar-refractivity contribution in [2.75, 3.05) is 0 Å². The molecule has 0 saturated heterocycles. The number of ether oxygens (including phenoxy) is 1. The fourth-order valence-electron chi connectivity index (χ4n) is 1.27. The van der Waals surface area contributed by atoms with Gasteiger partial charge < -0.3 is 10.1 Å². The highest BCUT2D eigenvalue weighted by atomic mass is 79.9. The standard InChI is InChI=1S/C13H15BrF3NO2/c1-8(14)12(2,3)18-11(19)9-4-6-10(7-5-9)20-13(15,16)17/h4-8H,1-3H3,(H,18,19). The summed E-state index contributed by atoms with van der Waals surface area (Å²) < 4.78 is 39.8. The van der Waals surface area contributed by atoms with E-state index in [1.54, 1.807) is 0 Å². The maximum atomic E-state index is 12.0. The van der Waals surface area contributed by atoms with Gasteiger partial charge in [0.05, 0.1) is 0 Å². The summed E-state index contributed by atoms with van der Waals surface area (Å²) in [7, 11) is 0. The Labute approximate surface area is 123 Å². The molecule has 0 aliphatic heterocycles. The van der Waals surface area contributed by atoms with Crippen molar-refractivity contribution in [1.82, 2.24) is 5.32 Å². The van der Waals surface area contributed by atoms with Crippen molar-refractivity contribution in [3.05, 3.63) is 29.8 Å². The van der Waals surface area contributed by atoms with Crippen LogP contribution in [0, 0.1) is 0 Å². The molecule has 112 valence electrons. The Morgan fingerprint density at radius 1 is 1.25 bits per heavy atom. The fraction of sp³-hybridized carbons (Fsp3) is 0.462. The second-order valence-corrected chi connectivity index (χ2v) is 6.24. The van der Waals surface area contributed by atoms with E-state index in [2.05, 4.69) is 26.0 Å². The molecule has 1 aromatic carbocycles. The highest BCUT2D eigenvalue weighted by Gasteiger charge is 2.31. The van der Waals surface area contributed by atoms with Crippen molar-refractivity contribution >= 4 is 21.8 Å². The second-order valence-electron chi connectivity index (χ2n) is 4.86. The van der Waals surface area contributed by atoms with Gasteiger partial charge in [-0.15, -0.1) is 13.2 Å². The van der Waals surface area contributed by atoms with Gasteiger partial charge in [0.1, 0.15) is 5.75 Å². The van der Waals surface area contributed by atoms with Gasteiger partial charge in [-0.2, -0.15) is 0 Å². The van der Waals surface area contributed by atoms with Crippen LogP contribution in [0.5, 0.6) is 5.75 Å². The van der Waals surface area contributed by atoms with Gasteiger partial charge in [-0.25, -0.2) is 0 Å². The molecule has 0 spiro atoms. The van der Waals surface area contributed by atoms with Crippen molar-refractivity contribution < 1.29 is 22.7 Å². The summed E-state index contributed by atoms with van der Waals surface area (Å²) in [5, 5.41) is 2.79. The molecule has 1 N–H and O–H groups in total. The third-order valence-corrected chi connectivity index (χ3v) is 3.92.